The number of ether oxygens (including phenoxy) is 3. The van der Waals surface area contributed by atoms with Crippen LogP contribution in [0.1, 0.15) is 96.5 Å². The standard InChI is InChI=1S/C43H51F2N5O9S/c1-23(2)60(55,56)36-28-18-30(20-33(36)45)48-39(52)57-22-25(4)31-13-12-27(16-24(31)3)35(38(51)49(11)21-28)47-29-17-26-14-15-46-37(34(26)32(44)19-29)50(40(53)58-42(5,6)7)41(54)59-43(8,9)10/h12-20,23,25,35,47H,21-22H2,1-11H3,(H,48,52)/t25-,35+/m0/s1. The van der Waals surface area contributed by atoms with E-state index in [0.29, 0.717) is 10.5 Å². The van der Waals surface area contributed by atoms with Crippen molar-refractivity contribution in [1.82, 2.24) is 9.88 Å². The third-order valence-electron chi connectivity index (χ3n) is 9.40. The van der Waals surface area contributed by atoms with E-state index in [0.717, 1.165) is 23.3 Å². The number of sulfone groups is 1. The molecule has 17 heteroatoms. The lowest BCUT2D eigenvalue weighted by Gasteiger charge is -2.29. The first-order valence-electron chi connectivity index (χ1n) is 19.2. The molecule has 4 aromatic rings. The van der Waals surface area contributed by atoms with Crippen molar-refractivity contribution in [3.05, 3.63) is 88.6 Å². The largest absolute Gasteiger partial charge is 0.449 e. The number of halogens is 2. The number of fused-ring (bicyclic) bond motifs is 10. The number of likely N-dealkylation sites (N-methyl/N-ethyl adjacent to an activating group) is 1. The molecule has 0 unspecified atom stereocenters. The quantitative estimate of drug-likeness (QED) is 0.183. The number of aromatic nitrogens is 1. The van der Waals surface area contributed by atoms with Crippen molar-refractivity contribution in [1.29, 1.82) is 0 Å². The van der Waals surface area contributed by atoms with Crippen LogP contribution in [0.5, 0.6) is 0 Å². The van der Waals surface area contributed by atoms with Gasteiger partial charge in [0.2, 0.25) is 5.91 Å². The fraction of sp³-hybridized carbons (Fsp3) is 0.419. The zero-order chi connectivity index (χ0) is 44.6. The van der Waals surface area contributed by atoms with Crippen LogP contribution < -0.4 is 15.5 Å². The van der Waals surface area contributed by atoms with E-state index in [1.165, 1.54) is 50.2 Å². The molecule has 0 spiro atoms. The van der Waals surface area contributed by atoms with Crippen molar-refractivity contribution in [2.45, 2.75) is 109 Å². The summed E-state index contributed by atoms with van der Waals surface area (Å²) in [6.45, 7) is 15.6. The molecule has 0 fully saturated rings. The fourth-order valence-corrected chi connectivity index (χ4v) is 7.93. The molecule has 3 aromatic carbocycles. The van der Waals surface area contributed by atoms with Gasteiger partial charge >= 0.3 is 18.3 Å². The highest BCUT2D eigenvalue weighted by Crippen LogP contribution is 2.35. The number of rotatable bonds is 5. The SMILES string of the molecule is Cc1cc2ccc1[C@@H](C)COC(=O)Nc1cc(F)c(S(=O)(=O)C(C)C)c(c1)CN(C)C(=O)[C@@H]2Nc1cc(F)c2c(N(C(=O)OC(C)(C)C)C(=O)OC(C)(C)C)nccc2c1. The molecule has 322 valence electrons. The van der Waals surface area contributed by atoms with Crippen LogP contribution in [-0.4, -0.2) is 72.6 Å². The summed E-state index contributed by atoms with van der Waals surface area (Å²) in [7, 11) is -2.83. The Bertz CT molecular complexity index is 2440. The third-order valence-corrected chi connectivity index (χ3v) is 11.7. The van der Waals surface area contributed by atoms with Gasteiger partial charge in [-0.3, -0.25) is 10.1 Å². The minimum absolute atomic E-state index is 0.0585. The van der Waals surface area contributed by atoms with Crippen LogP contribution in [0.4, 0.5) is 40.4 Å². The normalized spacial score (nSPS) is 16.7. The van der Waals surface area contributed by atoms with Crippen molar-refractivity contribution < 1.29 is 50.6 Å². The molecule has 6 rings (SSSR count). The Kier molecular flexibility index (Phi) is 12.8. The summed E-state index contributed by atoms with van der Waals surface area (Å²) in [6, 6.07) is 10.2. The van der Waals surface area contributed by atoms with E-state index in [-0.39, 0.29) is 46.1 Å². The highest BCUT2D eigenvalue weighted by Gasteiger charge is 2.36. The molecule has 0 saturated carbocycles. The average molecular weight is 852 g/mol. The van der Waals surface area contributed by atoms with Crippen LogP contribution in [0.25, 0.3) is 10.8 Å². The van der Waals surface area contributed by atoms with Gasteiger partial charge in [0.15, 0.2) is 15.7 Å². The van der Waals surface area contributed by atoms with Crippen LogP contribution in [-0.2, 0) is 35.4 Å². The van der Waals surface area contributed by atoms with E-state index in [1.807, 2.05) is 13.8 Å². The van der Waals surface area contributed by atoms with Crippen molar-refractivity contribution >= 4 is 62.0 Å². The molecule has 0 radical (unpaired) electrons. The summed E-state index contributed by atoms with van der Waals surface area (Å²) in [5.41, 5.74) is -0.145. The van der Waals surface area contributed by atoms with Crippen LogP contribution in [0.15, 0.2) is 59.6 Å². The lowest BCUT2D eigenvalue weighted by atomic mass is 9.93. The summed E-state index contributed by atoms with van der Waals surface area (Å²) in [5.74, 6) is -3.34. The Labute approximate surface area is 348 Å². The van der Waals surface area contributed by atoms with Crippen LogP contribution in [0.2, 0.25) is 0 Å². The van der Waals surface area contributed by atoms with Gasteiger partial charge in [-0.1, -0.05) is 25.1 Å². The van der Waals surface area contributed by atoms with Gasteiger partial charge in [0, 0.05) is 37.1 Å². The van der Waals surface area contributed by atoms with E-state index in [9.17, 15) is 27.6 Å². The smallest absolute Gasteiger partial charge is 0.425 e. The Morgan fingerprint density at radius 3 is 2.18 bits per heavy atom. The lowest BCUT2D eigenvalue weighted by molar-refractivity contribution is -0.131. The Morgan fingerprint density at radius 2 is 1.60 bits per heavy atom. The summed E-state index contributed by atoms with van der Waals surface area (Å²) in [6.07, 6.45) is -1.89. The van der Waals surface area contributed by atoms with Gasteiger partial charge in [-0.15, -0.1) is 0 Å². The molecule has 4 amide bonds. The highest BCUT2D eigenvalue weighted by molar-refractivity contribution is 7.92. The number of amides is 4. The van der Waals surface area contributed by atoms with Crippen LogP contribution in [0.3, 0.4) is 0 Å². The number of anilines is 3. The molecule has 2 N–H and O–H groups in total. The number of hydrogen-bond donors (Lipinski definition) is 2. The molecule has 2 aliphatic heterocycles. The van der Waals surface area contributed by atoms with Gasteiger partial charge in [0.05, 0.1) is 17.2 Å². The number of aryl methyl sites for hydroxylation is 1. The van der Waals surface area contributed by atoms with E-state index >= 15 is 8.78 Å². The number of carbonyl (C=O) groups is 4. The van der Waals surface area contributed by atoms with Gasteiger partial charge < -0.3 is 24.4 Å². The second kappa shape index (κ2) is 17.0. The first-order chi connectivity index (χ1) is 27.8. The Hall–Kier alpha value is -5.84. The minimum atomic E-state index is -4.24. The molecule has 14 nitrogen and oxygen atoms in total. The minimum Gasteiger partial charge on any atom is -0.449 e. The Balaban J connectivity index is 1.64. The molecule has 3 heterocycles. The Morgan fingerprint density at radius 1 is 0.967 bits per heavy atom. The average Bonchev–Trinajstić information content (AvgIpc) is 3.10. The van der Waals surface area contributed by atoms with Gasteiger partial charge in [0.25, 0.3) is 0 Å². The summed E-state index contributed by atoms with van der Waals surface area (Å²) >= 11 is 0. The highest BCUT2D eigenvalue weighted by atomic mass is 32.2. The molecule has 4 bridgehead atoms. The molecule has 2 atom stereocenters. The number of pyridine rings is 1. The molecule has 1 aromatic heterocycles. The zero-order valence-corrected chi connectivity index (χ0v) is 36.3. The number of carbonyl (C=O) groups excluding carboxylic acids is 4. The predicted octanol–water partition coefficient (Wildman–Crippen LogP) is 9.16. The molecule has 60 heavy (non-hydrogen) atoms. The first kappa shape index (κ1) is 45.2. The maximum atomic E-state index is 16.5. The van der Waals surface area contributed by atoms with Gasteiger partial charge in [0.1, 0.15) is 33.8 Å². The van der Waals surface area contributed by atoms with Crippen LogP contribution in [0, 0.1) is 18.6 Å². The number of nitrogens with zero attached hydrogens (tertiary/aromatic N) is 3. The van der Waals surface area contributed by atoms with Gasteiger partial charge in [-0.05, 0) is 120 Å². The maximum Gasteiger partial charge on any atom is 0.425 e. The molecular weight excluding hydrogens is 801 g/mol. The second-order valence-electron chi connectivity index (χ2n) is 17.0. The maximum absolute atomic E-state index is 16.5. The molecule has 0 aliphatic carbocycles. The topological polar surface area (TPSA) is 174 Å². The summed E-state index contributed by atoms with van der Waals surface area (Å²) < 4.78 is 75.7. The number of benzene rings is 3. The van der Waals surface area contributed by atoms with E-state index in [1.54, 1.807) is 59.7 Å². The van der Waals surface area contributed by atoms with E-state index in [4.69, 9.17) is 14.2 Å². The fourth-order valence-electron chi connectivity index (χ4n) is 6.64. The predicted molar refractivity (Wildman–Crippen MR) is 223 cm³/mol. The molecule has 0 saturated heterocycles. The van der Waals surface area contributed by atoms with Crippen molar-refractivity contribution in [3.8, 4) is 0 Å². The summed E-state index contributed by atoms with van der Waals surface area (Å²) in [4.78, 5) is 59.7. The monoisotopic (exact) mass is 851 g/mol. The van der Waals surface area contributed by atoms with Crippen molar-refractivity contribution in [2.24, 2.45) is 0 Å². The van der Waals surface area contributed by atoms with Crippen LogP contribution >= 0.6 is 0 Å². The zero-order valence-electron chi connectivity index (χ0n) is 35.5. The number of nitrogens with one attached hydrogen (secondary N) is 2. The number of hydrogen-bond acceptors (Lipinski definition) is 11. The van der Waals surface area contributed by atoms with Crippen molar-refractivity contribution in [3.63, 3.8) is 0 Å². The first-order valence-corrected chi connectivity index (χ1v) is 20.8. The van der Waals surface area contributed by atoms with E-state index in [2.05, 4.69) is 15.6 Å². The lowest BCUT2D eigenvalue weighted by Crippen LogP contribution is -2.44. The molecular formula is C43H51F2N5O9S. The van der Waals surface area contributed by atoms with Gasteiger partial charge in [-0.2, -0.15) is 4.90 Å². The second-order valence-corrected chi connectivity index (χ2v) is 19.5. The summed E-state index contributed by atoms with van der Waals surface area (Å²) in [5, 5.41) is 4.54. The number of imide groups is 1. The molecule has 2 aliphatic rings. The third kappa shape index (κ3) is 10.1. The van der Waals surface area contributed by atoms with Crippen molar-refractivity contribution in [2.75, 3.05) is 29.2 Å². The van der Waals surface area contributed by atoms with E-state index < -0.39 is 79.6 Å². The van der Waals surface area contributed by atoms with Gasteiger partial charge in [-0.25, -0.2) is 36.6 Å².